The van der Waals surface area contributed by atoms with Crippen LogP contribution in [-0.2, 0) is 10.0 Å². The Morgan fingerprint density at radius 1 is 1.03 bits per heavy atom. The maximum absolute atomic E-state index is 15.3. The molecule has 6 nitrogen and oxygen atoms in total. The van der Waals surface area contributed by atoms with Gasteiger partial charge in [-0.15, -0.1) is 0 Å². The smallest absolute Gasteiger partial charge is 0.265 e. The van der Waals surface area contributed by atoms with Crippen LogP contribution < -0.4 is 4.72 Å². The van der Waals surface area contributed by atoms with Crippen molar-refractivity contribution in [2.45, 2.75) is 13.3 Å². The van der Waals surface area contributed by atoms with Crippen molar-refractivity contribution in [3.8, 4) is 0 Å². The Bertz CT molecular complexity index is 1670. The SMILES string of the molecule is CCCS(=O)(=O)Nc1c(F)ccc(C(=O)c2cn(C(=O)c3c(Cl)cccc3Cl)c3ccc(Br)cc23)c1F. The maximum Gasteiger partial charge on any atom is 0.265 e. The van der Waals surface area contributed by atoms with Gasteiger partial charge in [0.1, 0.15) is 11.5 Å². The summed E-state index contributed by atoms with van der Waals surface area (Å²) < 4.78 is 57.6. The van der Waals surface area contributed by atoms with E-state index in [0.29, 0.717) is 9.99 Å². The summed E-state index contributed by atoms with van der Waals surface area (Å²) >= 11 is 15.7. The molecule has 0 atom stereocenters. The van der Waals surface area contributed by atoms with Gasteiger partial charge in [-0.2, -0.15) is 0 Å². The van der Waals surface area contributed by atoms with E-state index < -0.39 is 44.6 Å². The summed E-state index contributed by atoms with van der Waals surface area (Å²) in [5.74, 6) is -4.44. The first-order chi connectivity index (χ1) is 17.4. The number of carbonyl (C=O) groups is 2. The molecule has 0 aliphatic carbocycles. The van der Waals surface area contributed by atoms with E-state index in [4.69, 9.17) is 23.2 Å². The molecule has 3 aromatic carbocycles. The molecule has 4 aromatic rings. The number of aromatic nitrogens is 1. The molecule has 0 fully saturated rings. The number of fused-ring (bicyclic) bond motifs is 1. The molecule has 0 unspecified atom stereocenters. The average molecular weight is 630 g/mol. The van der Waals surface area contributed by atoms with Crippen molar-refractivity contribution in [2.75, 3.05) is 10.5 Å². The van der Waals surface area contributed by atoms with E-state index in [1.807, 2.05) is 4.72 Å². The number of rotatable bonds is 7. The minimum atomic E-state index is -4.04. The fourth-order valence-corrected chi connectivity index (χ4v) is 5.87. The van der Waals surface area contributed by atoms with Gasteiger partial charge in [-0.1, -0.05) is 52.1 Å². The molecule has 1 heterocycles. The molecule has 0 aliphatic rings. The van der Waals surface area contributed by atoms with Gasteiger partial charge in [0.2, 0.25) is 10.0 Å². The molecule has 0 amide bonds. The summed E-state index contributed by atoms with van der Waals surface area (Å²) in [5.41, 5.74) is -1.31. The third-order valence-corrected chi connectivity index (χ3v) is 8.06. The molecule has 12 heteroatoms. The van der Waals surface area contributed by atoms with E-state index in [9.17, 15) is 22.4 Å². The Morgan fingerprint density at radius 3 is 2.35 bits per heavy atom. The third kappa shape index (κ3) is 5.29. The lowest BCUT2D eigenvalue weighted by molar-refractivity contribution is 0.0965. The zero-order chi connectivity index (χ0) is 27.1. The van der Waals surface area contributed by atoms with E-state index in [1.165, 1.54) is 18.3 Å². The van der Waals surface area contributed by atoms with Crippen LogP contribution in [0.2, 0.25) is 10.0 Å². The molecule has 0 saturated heterocycles. The average Bonchev–Trinajstić information content (AvgIpc) is 3.20. The van der Waals surface area contributed by atoms with Crippen LogP contribution >= 0.6 is 39.1 Å². The van der Waals surface area contributed by atoms with Crippen molar-refractivity contribution in [1.82, 2.24) is 4.57 Å². The minimum absolute atomic E-state index is 0.00484. The van der Waals surface area contributed by atoms with Crippen molar-refractivity contribution in [2.24, 2.45) is 0 Å². The first-order valence-electron chi connectivity index (χ1n) is 10.8. The van der Waals surface area contributed by atoms with E-state index in [-0.39, 0.29) is 38.7 Å². The van der Waals surface area contributed by atoms with E-state index in [0.717, 1.165) is 16.7 Å². The maximum atomic E-state index is 15.3. The predicted molar refractivity (Wildman–Crippen MR) is 143 cm³/mol. The van der Waals surface area contributed by atoms with Crippen LogP contribution in [0.15, 0.2) is 59.2 Å². The lowest BCUT2D eigenvalue weighted by atomic mass is 10.0. The molecule has 37 heavy (non-hydrogen) atoms. The zero-order valence-electron chi connectivity index (χ0n) is 19.0. The Kier molecular flexibility index (Phi) is 7.75. The van der Waals surface area contributed by atoms with Gasteiger partial charge in [-0.3, -0.25) is 18.9 Å². The molecular formula is C25H17BrCl2F2N2O4S. The number of nitrogens with zero attached hydrogens (tertiary/aromatic N) is 1. The molecule has 0 saturated carbocycles. The number of sulfonamides is 1. The highest BCUT2D eigenvalue weighted by atomic mass is 79.9. The van der Waals surface area contributed by atoms with Gasteiger partial charge in [-0.25, -0.2) is 17.2 Å². The van der Waals surface area contributed by atoms with Crippen LogP contribution in [0.4, 0.5) is 14.5 Å². The van der Waals surface area contributed by atoms with Gasteiger partial charge in [0.05, 0.1) is 32.4 Å². The highest BCUT2D eigenvalue weighted by Gasteiger charge is 2.27. The van der Waals surface area contributed by atoms with Crippen molar-refractivity contribution >= 4 is 77.4 Å². The Labute approximate surface area is 229 Å². The summed E-state index contributed by atoms with van der Waals surface area (Å²) in [6.07, 6.45) is 1.43. The van der Waals surface area contributed by atoms with Crippen molar-refractivity contribution in [3.63, 3.8) is 0 Å². The fourth-order valence-electron chi connectivity index (χ4n) is 3.82. The number of anilines is 1. The number of benzene rings is 3. The van der Waals surface area contributed by atoms with Gasteiger partial charge in [0, 0.05) is 21.6 Å². The largest absolute Gasteiger partial charge is 0.288 e. The second kappa shape index (κ2) is 10.5. The van der Waals surface area contributed by atoms with E-state index >= 15 is 4.39 Å². The highest BCUT2D eigenvalue weighted by Crippen LogP contribution is 2.32. The van der Waals surface area contributed by atoms with Crippen molar-refractivity contribution in [3.05, 3.63) is 97.6 Å². The summed E-state index contributed by atoms with van der Waals surface area (Å²) in [6, 6.07) is 11.0. The standard InChI is InChI=1S/C25H17BrCl2F2N2O4S/c1-2-10-37(35,36)31-23-19(29)8-7-14(22(23)30)24(33)16-12-32(20-9-6-13(26)11-15(16)20)25(34)21-17(27)4-3-5-18(21)28/h3-9,11-12,31H,2,10H2,1H3. The summed E-state index contributed by atoms with van der Waals surface area (Å²) in [5, 5.41) is 0.476. The highest BCUT2D eigenvalue weighted by molar-refractivity contribution is 9.10. The Morgan fingerprint density at radius 2 is 1.70 bits per heavy atom. The molecule has 1 aromatic heterocycles. The van der Waals surface area contributed by atoms with Gasteiger partial charge in [0.25, 0.3) is 5.91 Å². The summed E-state index contributed by atoms with van der Waals surface area (Å²) in [7, 11) is -4.04. The number of hydrogen-bond donors (Lipinski definition) is 1. The first kappa shape index (κ1) is 27.3. The van der Waals surface area contributed by atoms with Crippen LogP contribution in [0.1, 0.15) is 39.6 Å². The second-order valence-electron chi connectivity index (χ2n) is 8.01. The van der Waals surface area contributed by atoms with Crippen LogP contribution in [0.25, 0.3) is 10.9 Å². The van der Waals surface area contributed by atoms with Crippen molar-refractivity contribution < 1.29 is 26.8 Å². The zero-order valence-corrected chi connectivity index (χ0v) is 22.9. The van der Waals surface area contributed by atoms with Gasteiger partial charge >= 0.3 is 0 Å². The fraction of sp³-hybridized carbons (Fsp3) is 0.120. The van der Waals surface area contributed by atoms with Crippen molar-refractivity contribution in [1.29, 1.82) is 0 Å². The van der Waals surface area contributed by atoms with Crippen LogP contribution in [0.3, 0.4) is 0 Å². The van der Waals surface area contributed by atoms with Gasteiger partial charge in [0.15, 0.2) is 11.6 Å². The Balaban J connectivity index is 1.88. The number of hydrogen-bond acceptors (Lipinski definition) is 4. The first-order valence-corrected chi connectivity index (χ1v) is 14.0. The quantitative estimate of drug-likeness (QED) is 0.222. The molecule has 192 valence electrons. The topological polar surface area (TPSA) is 85.2 Å². The summed E-state index contributed by atoms with van der Waals surface area (Å²) in [4.78, 5) is 26.9. The van der Waals surface area contributed by atoms with Crippen LogP contribution in [0.5, 0.6) is 0 Å². The third-order valence-electron chi connectivity index (χ3n) is 5.47. The van der Waals surface area contributed by atoms with E-state index in [1.54, 1.807) is 31.2 Å². The lowest BCUT2D eigenvalue weighted by Crippen LogP contribution is -2.19. The summed E-state index contributed by atoms with van der Waals surface area (Å²) in [6.45, 7) is 1.59. The molecule has 0 aliphatic heterocycles. The molecule has 4 rings (SSSR count). The number of nitrogens with one attached hydrogen (secondary N) is 1. The second-order valence-corrected chi connectivity index (χ2v) is 11.6. The van der Waals surface area contributed by atoms with Gasteiger partial charge in [-0.05, 0) is 48.9 Å². The number of carbonyl (C=O) groups excluding carboxylic acids is 2. The normalized spacial score (nSPS) is 11.6. The lowest BCUT2D eigenvalue weighted by Gasteiger charge is -2.11. The van der Waals surface area contributed by atoms with E-state index in [2.05, 4.69) is 15.9 Å². The predicted octanol–water partition coefficient (Wildman–Crippen LogP) is 7.06. The molecule has 0 spiro atoms. The monoisotopic (exact) mass is 628 g/mol. The minimum Gasteiger partial charge on any atom is -0.288 e. The number of halogens is 5. The van der Waals surface area contributed by atoms with Gasteiger partial charge < -0.3 is 0 Å². The van der Waals surface area contributed by atoms with Crippen LogP contribution in [-0.4, -0.2) is 30.4 Å². The number of ketones is 1. The van der Waals surface area contributed by atoms with Crippen LogP contribution in [0, 0.1) is 11.6 Å². The molecular weight excluding hydrogens is 613 g/mol. The Hall–Kier alpha value is -2.79. The molecule has 0 radical (unpaired) electrons. The molecule has 0 bridgehead atoms. The molecule has 1 N–H and O–H groups in total.